The molecule has 3 nitrogen and oxygen atoms in total. The van der Waals surface area contributed by atoms with Crippen LogP contribution >= 0.6 is 0 Å². The van der Waals surface area contributed by atoms with Gasteiger partial charge in [-0.15, -0.1) is 0 Å². The van der Waals surface area contributed by atoms with Gasteiger partial charge in [0.2, 0.25) is 0 Å². The molecule has 0 spiro atoms. The first-order valence-electron chi connectivity index (χ1n) is 18.4. The molecule has 10 rings (SSSR count). The van der Waals surface area contributed by atoms with Crippen LogP contribution in [0.15, 0.2) is 188 Å². The molecule has 0 N–H and O–H groups in total. The number of rotatable bonds is 5. The Balaban J connectivity index is 1.06. The van der Waals surface area contributed by atoms with Gasteiger partial charge in [0.25, 0.3) is 0 Å². The van der Waals surface area contributed by atoms with E-state index in [1.165, 1.54) is 43.8 Å². The first kappa shape index (κ1) is 32.0. The Bertz CT molecular complexity index is 3140. The summed E-state index contributed by atoms with van der Waals surface area (Å²) >= 11 is 0. The molecule has 0 unspecified atom stereocenters. The van der Waals surface area contributed by atoms with Gasteiger partial charge < -0.3 is 4.57 Å². The summed E-state index contributed by atoms with van der Waals surface area (Å²) in [6.45, 7) is 0. The molecule has 254 valence electrons. The van der Waals surface area contributed by atoms with Crippen molar-refractivity contribution in [2.45, 2.75) is 0 Å². The van der Waals surface area contributed by atoms with Crippen LogP contribution in [-0.4, -0.2) is 4.57 Å². The highest BCUT2D eigenvalue weighted by Gasteiger charge is 2.20. The maximum Gasteiger partial charge on any atom is 0.101 e. The van der Waals surface area contributed by atoms with E-state index in [1.54, 1.807) is 0 Å². The molecule has 0 atom stereocenters. The Morgan fingerprint density at radius 1 is 0.345 bits per heavy atom. The van der Waals surface area contributed by atoms with Gasteiger partial charge in [0, 0.05) is 16.3 Å². The monoisotopic (exact) mass is 697 g/mol. The number of para-hydroxylation sites is 2. The fraction of sp³-hybridized carbons (Fsp3) is 0. The molecule has 0 bridgehead atoms. The maximum atomic E-state index is 10.4. The summed E-state index contributed by atoms with van der Waals surface area (Å²) in [4.78, 5) is 0. The van der Waals surface area contributed by atoms with Gasteiger partial charge in [-0.3, -0.25) is 0 Å². The molecule has 0 saturated carbocycles. The van der Waals surface area contributed by atoms with Gasteiger partial charge in [0.1, 0.15) is 6.07 Å². The molecule has 10 aromatic rings. The van der Waals surface area contributed by atoms with Crippen LogP contribution in [0.25, 0.3) is 93.5 Å². The molecule has 0 aliphatic heterocycles. The van der Waals surface area contributed by atoms with Crippen LogP contribution < -0.4 is 0 Å². The zero-order valence-corrected chi connectivity index (χ0v) is 29.7. The van der Waals surface area contributed by atoms with Gasteiger partial charge >= 0.3 is 0 Å². The van der Waals surface area contributed by atoms with Gasteiger partial charge in [-0.25, -0.2) is 0 Å². The summed E-state index contributed by atoms with van der Waals surface area (Å²) in [5, 5.41) is 27.0. The number of hydrogen-bond donors (Lipinski definition) is 0. The van der Waals surface area contributed by atoms with Crippen molar-refractivity contribution in [2.75, 3.05) is 0 Å². The molecule has 0 radical (unpaired) electrons. The molecule has 55 heavy (non-hydrogen) atoms. The zero-order chi connectivity index (χ0) is 36.9. The zero-order valence-electron chi connectivity index (χ0n) is 29.7. The Morgan fingerprint density at radius 3 is 1.42 bits per heavy atom. The lowest BCUT2D eigenvalue weighted by atomic mass is 9.86. The third-order valence-electron chi connectivity index (χ3n) is 10.9. The number of hydrogen-bond acceptors (Lipinski definition) is 2. The van der Waals surface area contributed by atoms with Crippen molar-refractivity contribution in [1.29, 1.82) is 10.5 Å². The molecule has 0 saturated heterocycles. The van der Waals surface area contributed by atoms with Crippen molar-refractivity contribution in [2.24, 2.45) is 0 Å². The number of benzene rings is 9. The van der Waals surface area contributed by atoms with E-state index in [1.807, 2.05) is 42.5 Å². The maximum absolute atomic E-state index is 10.4. The van der Waals surface area contributed by atoms with Crippen molar-refractivity contribution < 1.29 is 0 Å². The molecule has 1 heterocycles. The van der Waals surface area contributed by atoms with Crippen LogP contribution in [-0.2, 0) is 0 Å². The van der Waals surface area contributed by atoms with Crippen molar-refractivity contribution >= 4 is 43.4 Å². The molecular weight excluding hydrogens is 667 g/mol. The van der Waals surface area contributed by atoms with Gasteiger partial charge in [-0.2, -0.15) is 10.5 Å². The van der Waals surface area contributed by atoms with Gasteiger partial charge in [-0.1, -0.05) is 158 Å². The van der Waals surface area contributed by atoms with Crippen molar-refractivity contribution in [3.63, 3.8) is 0 Å². The van der Waals surface area contributed by atoms with Gasteiger partial charge in [-0.05, 0) is 90.8 Å². The smallest absolute Gasteiger partial charge is 0.101 e. The van der Waals surface area contributed by atoms with E-state index in [-0.39, 0.29) is 0 Å². The first-order chi connectivity index (χ1) is 27.2. The van der Waals surface area contributed by atoms with Crippen LogP contribution in [0, 0.1) is 22.7 Å². The molecule has 1 aromatic heterocycles. The highest BCUT2D eigenvalue weighted by molar-refractivity contribution is 6.21. The summed E-state index contributed by atoms with van der Waals surface area (Å²) in [7, 11) is 0. The summed E-state index contributed by atoms with van der Waals surface area (Å²) < 4.78 is 2.17. The number of nitrogens with zero attached hydrogens (tertiary/aromatic N) is 3. The normalized spacial score (nSPS) is 11.2. The van der Waals surface area contributed by atoms with E-state index in [0.717, 1.165) is 49.7 Å². The van der Waals surface area contributed by atoms with E-state index in [2.05, 4.69) is 162 Å². The molecule has 9 aromatic carbocycles. The largest absolute Gasteiger partial charge is 0.307 e. The fourth-order valence-corrected chi connectivity index (χ4v) is 8.42. The molecule has 0 aliphatic carbocycles. The predicted octanol–water partition coefficient (Wildman–Crippen LogP) is 13.5. The minimum Gasteiger partial charge on any atom is -0.307 e. The number of fused-ring (bicyclic) bond motifs is 5. The quantitative estimate of drug-likeness (QED) is 0.168. The SMILES string of the molecule is N#Cc1ccc2c(c1)c1ccccc1n2-c1c(C#N)cccc1-c1ccc(-c2ccc(-c3c4ccccc4c(-c4ccccc4)c4ccccc34)cc2)cc1. The summed E-state index contributed by atoms with van der Waals surface area (Å²) in [6.07, 6.45) is 0. The van der Waals surface area contributed by atoms with E-state index in [4.69, 9.17) is 0 Å². The third-order valence-corrected chi connectivity index (χ3v) is 10.9. The second-order valence-electron chi connectivity index (χ2n) is 13.9. The second kappa shape index (κ2) is 13.0. The minimum absolute atomic E-state index is 0.584. The number of aromatic nitrogens is 1. The molecular formula is C52H31N3. The Morgan fingerprint density at radius 2 is 0.836 bits per heavy atom. The fourth-order valence-electron chi connectivity index (χ4n) is 8.42. The van der Waals surface area contributed by atoms with E-state index in [0.29, 0.717) is 11.1 Å². The number of nitriles is 2. The Hall–Kier alpha value is -7.72. The Labute approximate surface area is 318 Å². The van der Waals surface area contributed by atoms with Gasteiger partial charge in [0.05, 0.1) is 33.9 Å². The lowest BCUT2D eigenvalue weighted by Crippen LogP contribution is -2.00. The van der Waals surface area contributed by atoms with E-state index >= 15 is 0 Å². The molecule has 0 fully saturated rings. The van der Waals surface area contributed by atoms with Gasteiger partial charge in [0.15, 0.2) is 0 Å². The standard InChI is InChI=1S/C52H31N3/c53-32-34-21-30-49-47(31-34)42-14-8-9-20-48(42)55(49)52-40(33-54)13-10-19-41(52)37-26-22-35(23-27-37)36-24-28-39(29-25-36)51-45-17-6-4-15-43(45)50(38-11-2-1-3-12-38)44-16-5-7-18-46(44)51/h1-31H. The highest BCUT2D eigenvalue weighted by Crippen LogP contribution is 2.44. The third kappa shape index (κ3) is 5.19. The van der Waals surface area contributed by atoms with E-state index in [9.17, 15) is 10.5 Å². The van der Waals surface area contributed by atoms with Crippen LogP contribution in [0.5, 0.6) is 0 Å². The Kier molecular flexibility index (Phi) is 7.58. The molecule has 0 aliphatic rings. The lowest BCUT2D eigenvalue weighted by Gasteiger charge is -2.18. The second-order valence-corrected chi connectivity index (χ2v) is 13.9. The van der Waals surface area contributed by atoms with E-state index < -0.39 is 0 Å². The molecule has 3 heteroatoms. The van der Waals surface area contributed by atoms with Crippen molar-refractivity contribution in [3.05, 3.63) is 199 Å². The van der Waals surface area contributed by atoms with Crippen LogP contribution in [0.2, 0.25) is 0 Å². The predicted molar refractivity (Wildman–Crippen MR) is 227 cm³/mol. The average molecular weight is 698 g/mol. The van der Waals surface area contributed by atoms with Crippen molar-refractivity contribution in [3.8, 4) is 62.3 Å². The average Bonchev–Trinajstić information content (AvgIpc) is 3.58. The van der Waals surface area contributed by atoms with Crippen LogP contribution in [0.4, 0.5) is 0 Å². The lowest BCUT2D eigenvalue weighted by molar-refractivity contribution is 1.17. The van der Waals surface area contributed by atoms with Crippen molar-refractivity contribution in [1.82, 2.24) is 4.57 Å². The summed E-state index contributed by atoms with van der Waals surface area (Å²) in [6, 6.07) is 70.4. The minimum atomic E-state index is 0.584. The summed E-state index contributed by atoms with van der Waals surface area (Å²) in [5.74, 6) is 0. The van der Waals surface area contributed by atoms with Crippen LogP contribution in [0.1, 0.15) is 11.1 Å². The highest BCUT2D eigenvalue weighted by atomic mass is 15.0. The topological polar surface area (TPSA) is 52.5 Å². The summed E-state index contributed by atoms with van der Waals surface area (Å²) in [5.41, 5.74) is 13.1. The first-order valence-corrected chi connectivity index (χ1v) is 18.4. The van der Waals surface area contributed by atoms with Crippen LogP contribution in [0.3, 0.4) is 0 Å². The molecule has 0 amide bonds.